The number of Topliss-reactive ketones (excluding diaryl/α,β-unsaturated/α-hetero) is 1. The van der Waals surface area contributed by atoms with E-state index in [4.69, 9.17) is 17.3 Å². The monoisotopic (exact) mass is 448 g/mol. The van der Waals surface area contributed by atoms with Gasteiger partial charge in [0.15, 0.2) is 5.78 Å². The van der Waals surface area contributed by atoms with Crippen molar-refractivity contribution in [1.29, 1.82) is 5.26 Å². The minimum atomic E-state index is -1.79. The van der Waals surface area contributed by atoms with E-state index in [0.717, 1.165) is 5.56 Å². The van der Waals surface area contributed by atoms with Gasteiger partial charge in [-0.1, -0.05) is 17.7 Å². The van der Waals surface area contributed by atoms with Gasteiger partial charge in [-0.05, 0) is 55.7 Å². The molecule has 6 nitrogen and oxygen atoms in total. The fourth-order valence-corrected chi connectivity index (χ4v) is 5.23. The van der Waals surface area contributed by atoms with Crippen LogP contribution in [0, 0.1) is 24.1 Å². The number of aryl methyl sites for hydroxylation is 1. The van der Waals surface area contributed by atoms with Gasteiger partial charge >= 0.3 is 0 Å². The molecule has 0 bridgehead atoms. The van der Waals surface area contributed by atoms with Crippen molar-refractivity contribution in [2.45, 2.75) is 31.6 Å². The van der Waals surface area contributed by atoms with Crippen LogP contribution in [0.15, 0.2) is 59.1 Å². The van der Waals surface area contributed by atoms with E-state index < -0.39 is 17.1 Å². The molecule has 0 saturated heterocycles. The number of ketones is 1. The minimum absolute atomic E-state index is 0.0265. The molecule has 2 heterocycles. The van der Waals surface area contributed by atoms with Crippen molar-refractivity contribution in [2.24, 2.45) is 5.73 Å². The zero-order valence-corrected chi connectivity index (χ0v) is 17.9. The molecular weight excluding hydrogens is 431 g/mol. The maximum absolute atomic E-state index is 14.3. The van der Waals surface area contributed by atoms with Crippen molar-refractivity contribution in [3.63, 3.8) is 0 Å². The second-order valence-electron chi connectivity index (χ2n) is 8.13. The lowest BCUT2D eigenvalue weighted by molar-refractivity contribution is -0.122. The van der Waals surface area contributed by atoms with E-state index in [9.17, 15) is 19.2 Å². The summed E-state index contributed by atoms with van der Waals surface area (Å²) < 4.78 is 14.3. The van der Waals surface area contributed by atoms with Crippen LogP contribution >= 0.6 is 11.6 Å². The molecule has 8 heteroatoms. The number of benzene rings is 2. The Hall–Kier alpha value is -3.63. The molecule has 0 fully saturated rings. The molecule has 3 aliphatic rings. The van der Waals surface area contributed by atoms with Crippen LogP contribution in [0.5, 0.6) is 0 Å². The Morgan fingerprint density at radius 2 is 2.00 bits per heavy atom. The van der Waals surface area contributed by atoms with Gasteiger partial charge in [-0.25, -0.2) is 4.39 Å². The zero-order valence-electron chi connectivity index (χ0n) is 17.1. The van der Waals surface area contributed by atoms with E-state index in [-0.39, 0.29) is 34.7 Å². The number of amides is 1. The van der Waals surface area contributed by atoms with Gasteiger partial charge < -0.3 is 11.1 Å². The number of carbonyl (C=O) groups is 2. The first-order valence-electron chi connectivity index (χ1n) is 10.2. The fourth-order valence-electron chi connectivity index (χ4n) is 5.06. The molecule has 160 valence electrons. The molecule has 32 heavy (non-hydrogen) atoms. The molecule has 1 atom stereocenters. The summed E-state index contributed by atoms with van der Waals surface area (Å²) in [6.45, 7) is 1.87. The number of nitriles is 1. The number of nitrogens with zero attached hydrogens (tertiary/aromatic N) is 2. The van der Waals surface area contributed by atoms with Crippen molar-refractivity contribution < 1.29 is 14.0 Å². The van der Waals surface area contributed by atoms with Crippen LogP contribution in [0.3, 0.4) is 0 Å². The third-order valence-corrected chi connectivity index (χ3v) is 6.64. The number of fused-ring (bicyclic) bond motifs is 3. The number of hydrogen-bond donors (Lipinski definition) is 2. The number of nitrogens with one attached hydrogen (secondary N) is 1. The number of rotatable bonds is 1. The summed E-state index contributed by atoms with van der Waals surface area (Å²) in [5, 5.41) is 13.4. The Morgan fingerprint density at radius 1 is 1.22 bits per heavy atom. The van der Waals surface area contributed by atoms with Crippen LogP contribution in [0.4, 0.5) is 15.8 Å². The van der Waals surface area contributed by atoms with Crippen LogP contribution in [-0.2, 0) is 15.0 Å². The molecule has 5 rings (SSSR count). The van der Waals surface area contributed by atoms with Crippen LogP contribution < -0.4 is 16.0 Å². The third-order valence-electron chi connectivity index (χ3n) is 6.40. The van der Waals surface area contributed by atoms with Gasteiger partial charge in [-0.15, -0.1) is 0 Å². The first-order chi connectivity index (χ1) is 15.3. The topological polar surface area (TPSA) is 99.2 Å². The summed E-state index contributed by atoms with van der Waals surface area (Å²) in [4.78, 5) is 28.5. The molecule has 2 aromatic carbocycles. The highest BCUT2D eigenvalue weighted by molar-refractivity contribution is 6.31. The van der Waals surface area contributed by atoms with Gasteiger partial charge in [-0.2, -0.15) is 5.26 Å². The molecule has 0 radical (unpaired) electrons. The van der Waals surface area contributed by atoms with Crippen LogP contribution in [0.1, 0.15) is 30.4 Å². The molecule has 0 aromatic heterocycles. The normalized spacial score (nSPS) is 22.1. The van der Waals surface area contributed by atoms with Crippen molar-refractivity contribution in [3.8, 4) is 6.07 Å². The number of anilines is 2. The lowest BCUT2D eigenvalue weighted by atomic mass is 9.64. The number of nitrogens with two attached hydrogens (primary N) is 1. The molecule has 1 spiro atoms. The maximum atomic E-state index is 14.3. The summed E-state index contributed by atoms with van der Waals surface area (Å²) >= 11 is 6.25. The van der Waals surface area contributed by atoms with Gasteiger partial charge in [0.25, 0.3) is 0 Å². The quantitative estimate of drug-likeness (QED) is 0.681. The molecule has 2 aromatic rings. The lowest BCUT2D eigenvalue weighted by Gasteiger charge is -2.43. The smallest absolute Gasteiger partial charge is 0.245 e. The average molecular weight is 449 g/mol. The fraction of sp³-hybridized carbons (Fsp3) is 0.208. The van der Waals surface area contributed by atoms with E-state index in [1.54, 1.807) is 17.0 Å². The van der Waals surface area contributed by atoms with Crippen molar-refractivity contribution in [1.82, 2.24) is 0 Å². The lowest BCUT2D eigenvalue weighted by Crippen LogP contribution is -2.50. The Bertz CT molecular complexity index is 1340. The van der Waals surface area contributed by atoms with E-state index in [0.29, 0.717) is 34.9 Å². The summed E-state index contributed by atoms with van der Waals surface area (Å²) in [7, 11) is 0. The highest BCUT2D eigenvalue weighted by Crippen LogP contribution is 2.55. The Morgan fingerprint density at radius 3 is 2.75 bits per heavy atom. The van der Waals surface area contributed by atoms with Gasteiger partial charge in [-0.3, -0.25) is 14.5 Å². The first kappa shape index (κ1) is 20.3. The zero-order chi connectivity index (χ0) is 22.8. The number of hydrogen-bond acceptors (Lipinski definition) is 5. The highest BCUT2D eigenvalue weighted by atomic mass is 35.5. The molecule has 0 saturated carbocycles. The molecule has 1 amide bonds. The summed E-state index contributed by atoms with van der Waals surface area (Å²) in [6, 6.07) is 11.2. The van der Waals surface area contributed by atoms with Crippen molar-refractivity contribution in [2.75, 3.05) is 10.2 Å². The highest BCUT2D eigenvalue weighted by Gasteiger charge is 2.60. The SMILES string of the molecule is Cc1ccc(Cl)cc1N1C(N)=C(C#N)C2(C(=O)Nc3ccc(F)cc32)C2=C1CCCC2=O. The van der Waals surface area contributed by atoms with E-state index in [2.05, 4.69) is 11.4 Å². The number of allylic oxidation sites excluding steroid dienone is 1. The Balaban J connectivity index is 1.91. The van der Waals surface area contributed by atoms with Gasteiger partial charge in [0.05, 0.1) is 11.3 Å². The number of halogens is 2. The van der Waals surface area contributed by atoms with Crippen LogP contribution in [-0.4, -0.2) is 11.7 Å². The predicted molar refractivity (Wildman–Crippen MR) is 118 cm³/mol. The Labute approximate surface area is 188 Å². The molecule has 3 N–H and O–H groups in total. The molecule has 1 unspecified atom stereocenters. The standard InChI is InChI=1S/C24H18ClFN4O2/c1-12-5-6-13(25)9-19(12)30-18-3-2-4-20(31)21(18)24(16(11-27)22(30)28)15-10-14(26)7-8-17(15)29-23(24)32/h5-10H,2-4,28H2,1H3,(H,29,32). The molecular formula is C24H18ClFN4O2. The van der Waals surface area contributed by atoms with E-state index >= 15 is 0 Å². The molecule has 1 aliphatic carbocycles. The minimum Gasteiger partial charge on any atom is -0.384 e. The number of carbonyl (C=O) groups excluding carboxylic acids is 2. The molecule has 2 aliphatic heterocycles. The van der Waals surface area contributed by atoms with Crippen molar-refractivity contribution in [3.05, 3.63) is 81.0 Å². The average Bonchev–Trinajstić information content (AvgIpc) is 3.03. The first-order valence-corrected chi connectivity index (χ1v) is 10.5. The van der Waals surface area contributed by atoms with E-state index in [1.807, 2.05) is 13.0 Å². The maximum Gasteiger partial charge on any atom is 0.245 e. The van der Waals surface area contributed by atoms with Crippen molar-refractivity contribution >= 4 is 34.7 Å². The van der Waals surface area contributed by atoms with Crippen LogP contribution in [0.2, 0.25) is 5.02 Å². The van der Waals surface area contributed by atoms with Gasteiger partial charge in [0.2, 0.25) is 5.91 Å². The van der Waals surface area contributed by atoms with Gasteiger partial charge in [0, 0.05) is 34.0 Å². The second kappa shape index (κ2) is 6.94. The predicted octanol–water partition coefficient (Wildman–Crippen LogP) is 4.20. The summed E-state index contributed by atoms with van der Waals surface area (Å²) in [6.07, 6.45) is 1.25. The van der Waals surface area contributed by atoms with E-state index in [1.165, 1.54) is 18.2 Å². The Kier molecular flexibility index (Phi) is 4.40. The van der Waals surface area contributed by atoms with Crippen LogP contribution in [0.25, 0.3) is 0 Å². The third kappa shape index (κ3) is 2.50. The van der Waals surface area contributed by atoms with Gasteiger partial charge in [0.1, 0.15) is 23.1 Å². The summed E-state index contributed by atoms with van der Waals surface area (Å²) in [5.41, 5.74) is 7.43. The second-order valence-corrected chi connectivity index (χ2v) is 8.57. The largest absolute Gasteiger partial charge is 0.384 e. The summed E-state index contributed by atoms with van der Waals surface area (Å²) in [5.74, 6) is -1.39.